The van der Waals surface area contributed by atoms with Crippen molar-refractivity contribution in [3.63, 3.8) is 0 Å². The molecule has 2 rings (SSSR count). The molecule has 0 N–H and O–H groups in total. The van der Waals surface area contributed by atoms with Gasteiger partial charge in [0.1, 0.15) is 11.3 Å². The molecule has 0 bridgehead atoms. The first kappa shape index (κ1) is 7.09. The Labute approximate surface area is 69.8 Å². The minimum atomic E-state index is 0.764. The van der Waals surface area contributed by atoms with E-state index in [1.54, 1.807) is 25.7 Å². The van der Waals surface area contributed by atoms with E-state index in [4.69, 9.17) is 4.74 Å². The van der Waals surface area contributed by atoms with Crippen LogP contribution >= 0.6 is 0 Å². The van der Waals surface area contributed by atoms with Gasteiger partial charge in [-0.2, -0.15) is 0 Å². The van der Waals surface area contributed by atoms with Crippen LogP contribution in [0.1, 0.15) is 0 Å². The van der Waals surface area contributed by atoms with Crippen molar-refractivity contribution in [3.05, 3.63) is 18.6 Å². The molecule has 0 amide bonds. The van der Waals surface area contributed by atoms with E-state index >= 15 is 0 Å². The quantitative estimate of drug-likeness (QED) is 0.629. The summed E-state index contributed by atoms with van der Waals surface area (Å²) in [6, 6.07) is 1.80. The number of aryl methyl sites for hydroxylation is 1. The summed E-state index contributed by atoms with van der Waals surface area (Å²) >= 11 is 0. The Kier molecular flexibility index (Phi) is 1.46. The van der Waals surface area contributed by atoms with Crippen molar-refractivity contribution in [2.75, 3.05) is 7.11 Å². The zero-order chi connectivity index (χ0) is 8.55. The second-order valence-electron chi connectivity index (χ2n) is 2.54. The Morgan fingerprint density at radius 2 is 2.25 bits per heavy atom. The maximum absolute atomic E-state index is 5.12. The van der Waals surface area contributed by atoms with Crippen molar-refractivity contribution < 1.29 is 4.74 Å². The molecule has 0 radical (unpaired) electrons. The predicted octanol–water partition coefficient (Wildman–Crippen LogP) is 0.977. The standard InChI is InChI=1S/C8H9N3O/c1-11-5-10-7-6(12-2)3-4-9-8(7)11/h3-5H,1-2H3. The SMILES string of the molecule is COc1ccnc2c1ncn2C. The molecule has 4 nitrogen and oxygen atoms in total. The summed E-state index contributed by atoms with van der Waals surface area (Å²) in [6.45, 7) is 0. The van der Waals surface area contributed by atoms with Gasteiger partial charge in [0.25, 0.3) is 0 Å². The molecule has 0 spiro atoms. The fraction of sp³-hybridized carbons (Fsp3) is 0.250. The summed E-state index contributed by atoms with van der Waals surface area (Å²) in [5.74, 6) is 0.764. The Morgan fingerprint density at radius 3 is 3.00 bits per heavy atom. The molecule has 4 heteroatoms. The molecular weight excluding hydrogens is 154 g/mol. The van der Waals surface area contributed by atoms with Gasteiger partial charge in [0.2, 0.25) is 0 Å². The average molecular weight is 163 g/mol. The van der Waals surface area contributed by atoms with E-state index in [-0.39, 0.29) is 0 Å². The highest BCUT2D eigenvalue weighted by molar-refractivity contribution is 5.77. The molecule has 62 valence electrons. The molecule has 0 saturated heterocycles. The Hall–Kier alpha value is -1.58. The van der Waals surface area contributed by atoms with Crippen molar-refractivity contribution >= 4 is 11.2 Å². The van der Waals surface area contributed by atoms with Gasteiger partial charge < -0.3 is 9.30 Å². The first-order valence-corrected chi connectivity index (χ1v) is 3.63. The van der Waals surface area contributed by atoms with E-state index in [9.17, 15) is 0 Å². The minimum Gasteiger partial charge on any atom is -0.494 e. The van der Waals surface area contributed by atoms with Gasteiger partial charge in [0.05, 0.1) is 13.4 Å². The highest BCUT2D eigenvalue weighted by Crippen LogP contribution is 2.20. The molecular formula is C8H9N3O. The van der Waals surface area contributed by atoms with Gasteiger partial charge in [-0.15, -0.1) is 0 Å². The summed E-state index contributed by atoms with van der Waals surface area (Å²) in [4.78, 5) is 8.33. The van der Waals surface area contributed by atoms with Gasteiger partial charge in [-0.3, -0.25) is 0 Å². The van der Waals surface area contributed by atoms with Crippen LogP contribution in [-0.4, -0.2) is 21.6 Å². The van der Waals surface area contributed by atoms with Gasteiger partial charge in [-0.1, -0.05) is 0 Å². The number of hydrogen-bond acceptors (Lipinski definition) is 3. The fourth-order valence-corrected chi connectivity index (χ4v) is 1.17. The maximum atomic E-state index is 5.12. The second-order valence-corrected chi connectivity index (χ2v) is 2.54. The van der Waals surface area contributed by atoms with Crippen LogP contribution in [-0.2, 0) is 7.05 Å². The molecule has 12 heavy (non-hydrogen) atoms. The molecule has 0 aliphatic carbocycles. The van der Waals surface area contributed by atoms with Crippen LogP contribution in [0.15, 0.2) is 18.6 Å². The summed E-state index contributed by atoms with van der Waals surface area (Å²) in [7, 11) is 3.53. The lowest BCUT2D eigenvalue weighted by atomic mass is 10.4. The number of methoxy groups -OCH3 is 1. The number of pyridine rings is 1. The highest BCUT2D eigenvalue weighted by Gasteiger charge is 2.05. The van der Waals surface area contributed by atoms with Crippen LogP contribution in [0.3, 0.4) is 0 Å². The van der Waals surface area contributed by atoms with E-state index in [1.807, 2.05) is 11.6 Å². The third-order valence-electron chi connectivity index (χ3n) is 1.78. The number of imidazole rings is 1. The molecule has 0 saturated carbocycles. The zero-order valence-corrected chi connectivity index (χ0v) is 6.98. The van der Waals surface area contributed by atoms with Crippen LogP contribution in [0.5, 0.6) is 5.75 Å². The van der Waals surface area contributed by atoms with Crippen LogP contribution < -0.4 is 4.74 Å². The largest absolute Gasteiger partial charge is 0.494 e. The minimum absolute atomic E-state index is 0.764. The lowest BCUT2D eigenvalue weighted by Gasteiger charge is -1.98. The molecule has 2 aromatic heterocycles. The topological polar surface area (TPSA) is 39.9 Å². The van der Waals surface area contributed by atoms with Gasteiger partial charge in [-0.05, 0) is 0 Å². The van der Waals surface area contributed by atoms with Crippen molar-refractivity contribution in [3.8, 4) is 5.75 Å². The van der Waals surface area contributed by atoms with Gasteiger partial charge >= 0.3 is 0 Å². The number of rotatable bonds is 1. The van der Waals surface area contributed by atoms with Crippen LogP contribution in [0.2, 0.25) is 0 Å². The zero-order valence-electron chi connectivity index (χ0n) is 6.98. The van der Waals surface area contributed by atoms with Crippen molar-refractivity contribution in [1.82, 2.24) is 14.5 Å². The Bertz CT molecular complexity index is 408. The second kappa shape index (κ2) is 2.48. The first-order valence-electron chi connectivity index (χ1n) is 3.63. The lowest BCUT2D eigenvalue weighted by Crippen LogP contribution is -1.89. The predicted molar refractivity (Wildman–Crippen MR) is 45.1 cm³/mol. The fourth-order valence-electron chi connectivity index (χ4n) is 1.17. The maximum Gasteiger partial charge on any atom is 0.163 e. The highest BCUT2D eigenvalue weighted by atomic mass is 16.5. The van der Waals surface area contributed by atoms with Gasteiger partial charge in [0, 0.05) is 19.3 Å². The van der Waals surface area contributed by atoms with Crippen molar-refractivity contribution in [2.24, 2.45) is 7.05 Å². The summed E-state index contributed by atoms with van der Waals surface area (Å²) in [6.07, 6.45) is 3.43. The van der Waals surface area contributed by atoms with Crippen LogP contribution in [0.4, 0.5) is 0 Å². The van der Waals surface area contributed by atoms with E-state index in [2.05, 4.69) is 9.97 Å². The van der Waals surface area contributed by atoms with Crippen LogP contribution in [0.25, 0.3) is 11.2 Å². The van der Waals surface area contributed by atoms with Crippen molar-refractivity contribution in [2.45, 2.75) is 0 Å². The number of ether oxygens (including phenoxy) is 1. The van der Waals surface area contributed by atoms with E-state index < -0.39 is 0 Å². The molecule has 0 atom stereocenters. The number of aromatic nitrogens is 3. The summed E-state index contributed by atoms with van der Waals surface area (Å²) < 4.78 is 6.98. The molecule has 2 heterocycles. The third kappa shape index (κ3) is 0.845. The smallest absolute Gasteiger partial charge is 0.163 e. The number of nitrogens with zero attached hydrogens (tertiary/aromatic N) is 3. The molecule has 0 aromatic carbocycles. The normalized spacial score (nSPS) is 10.5. The van der Waals surface area contributed by atoms with E-state index in [0.717, 1.165) is 16.9 Å². The van der Waals surface area contributed by atoms with Crippen LogP contribution in [0, 0.1) is 0 Å². The summed E-state index contributed by atoms with van der Waals surface area (Å²) in [5, 5.41) is 0. The van der Waals surface area contributed by atoms with E-state index in [0.29, 0.717) is 0 Å². The monoisotopic (exact) mass is 163 g/mol. The number of fused-ring (bicyclic) bond motifs is 1. The lowest BCUT2D eigenvalue weighted by molar-refractivity contribution is 0.418. The Morgan fingerprint density at radius 1 is 1.42 bits per heavy atom. The summed E-state index contributed by atoms with van der Waals surface area (Å²) in [5.41, 5.74) is 1.65. The van der Waals surface area contributed by atoms with Gasteiger partial charge in [-0.25, -0.2) is 9.97 Å². The van der Waals surface area contributed by atoms with Crippen molar-refractivity contribution in [1.29, 1.82) is 0 Å². The third-order valence-corrected chi connectivity index (χ3v) is 1.78. The molecule has 0 aliphatic heterocycles. The van der Waals surface area contributed by atoms with E-state index in [1.165, 1.54) is 0 Å². The molecule has 0 unspecified atom stereocenters. The molecule has 0 fully saturated rings. The van der Waals surface area contributed by atoms with Gasteiger partial charge in [0.15, 0.2) is 5.65 Å². The molecule has 2 aromatic rings. The average Bonchev–Trinajstić information content (AvgIpc) is 2.48. The number of hydrogen-bond donors (Lipinski definition) is 0. The first-order chi connectivity index (χ1) is 5.83. The Balaban J connectivity index is 2.81. The molecule has 0 aliphatic rings.